The number of amides is 2. The summed E-state index contributed by atoms with van der Waals surface area (Å²) in [6.07, 6.45) is 1.51. The molecule has 3 aromatic heterocycles. The highest BCUT2D eigenvalue weighted by molar-refractivity contribution is 5.98. The third-order valence-electron chi connectivity index (χ3n) is 4.74. The van der Waals surface area contributed by atoms with E-state index in [4.69, 9.17) is 9.15 Å². The molecule has 0 unspecified atom stereocenters. The fourth-order valence-electron chi connectivity index (χ4n) is 3.30. The number of methoxy groups -OCH3 is 1. The second kappa shape index (κ2) is 8.88. The Morgan fingerprint density at radius 3 is 2.72 bits per heavy atom. The molecule has 0 atom stereocenters. The van der Waals surface area contributed by atoms with E-state index in [-0.39, 0.29) is 18.9 Å². The van der Waals surface area contributed by atoms with Crippen molar-refractivity contribution in [1.29, 1.82) is 0 Å². The van der Waals surface area contributed by atoms with E-state index in [1.807, 2.05) is 19.9 Å². The zero-order valence-electron chi connectivity index (χ0n) is 17.9. The molecule has 3 heterocycles. The number of nitrogens with one attached hydrogen (secondary N) is 1. The van der Waals surface area contributed by atoms with Gasteiger partial charge in [-0.25, -0.2) is 9.50 Å². The standard InChI is InChI=1S/C22H22N6O4/c1-14-11-15(2)28-22(23-14)25-20(26-28)21(30)27(12-16-7-6-10-32-16)13-19(29)24-17-8-4-5-9-18(17)31-3/h4-11H,12-13H2,1-3H3,(H,24,29). The predicted molar refractivity (Wildman–Crippen MR) is 115 cm³/mol. The van der Waals surface area contributed by atoms with Gasteiger partial charge in [-0.1, -0.05) is 12.1 Å². The number of fused-ring (bicyclic) bond motifs is 1. The Hall–Kier alpha value is -4.21. The van der Waals surface area contributed by atoms with Crippen molar-refractivity contribution in [1.82, 2.24) is 24.5 Å². The van der Waals surface area contributed by atoms with E-state index in [0.29, 0.717) is 23.0 Å². The number of carbonyl (C=O) groups excluding carboxylic acids is 2. The first-order chi connectivity index (χ1) is 15.4. The molecule has 0 fully saturated rings. The van der Waals surface area contributed by atoms with Crippen molar-refractivity contribution >= 4 is 23.3 Å². The van der Waals surface area contributed by atoms with E-state index >= 15 is 0 Å². The van der Waals surface area contributed by atoms with Gasteiger partial charge in [-0.3, -0.25) is 9.59 Å². The van der Waals surface area contributed by atoms with Crippen LogP contribution in [0.5, 0.6) is 5.75 Å². The number of aryl methyl sites for hydroxylation is 2. The van der Waals surface area contributed by atoms with Crippen LogP contribution in [0.1, 0.15) is 27.8 Å². The quantitative estimate of drug-likeness (QED) is 0.475. The Morgan fingerprint density at radius 2 is 1.97 bits per heavy atom. The minimum Gasteiger partial charge on any atom is -0.495 e. The van der Waals surface area contributed by atoms with Gasteiger partial charge in [0.1, 0.15) is 18.1 Å². The molecule has 4 rings (SSSR count). The second-order valence-corrected chi connectivity index (χ2v) is 7.18. The lowest BCUT2D eigenvalue weighted by atomic mass is 10.3. The number of carbonyl (C=O) groups is 2. The number of ether oxygens (including phenoxy) is 1. The lowest BCUT2D eigenvalue weighted by Gasteiger charge is -2.20. The monoisotopic (exact) mass is 434 g/mol. The fraction of sp³-hybridized carbons (Fsp3) is 0.227. The normalized spacial score (nSPS) is 10.8. The highest BCUT2D eigenvalue weighted by atomic mass is 16.5. The Bertz CT molecular complexity index is 1260. The molecule has 10 nitrogen and oxygen atoms in total. The number of nitrogens with zero attached hydrogens (tertiary/aromatic N) is 5. The first kappa shape index (κ1) is 21.0. The van der Waals surface area contributed by atoms with Gasteiger partial charge < -0.3 is 19.4 Å². The molecule has 4 aromatic rings. The van der Waals surface area contributed by atoms with E-state index in [1.54, 1.807) is 36.4 Å². The fourth-order valence-corrected chi connectivity index (χ4v) is 3.30. The van der Waals surface area contributed by atoms with Crippen LogP contribution in [0.2, 0.25) is 0 Å². The maximum absolute atomic E-state index is 13.3. The van der Waals surface area contributed by atoms with Gasteiger partial charge in [0.25, 0.3) is 11.7 Å². The van der Waals surface area contributed by atoms with Gasteiger partial charge >= 0.3 is 0 Å². The molecule has 32 heavy (non-hydrogen) atoms. The molecule has 0 spiro atoms. The molecule has 0 saturated carbocycles. The average Bonchev–Trinajstić information content (AvgIpc) is 3.43. The smallest absolute Gasteiger partial charge is 0.294 e. The Kier molecular flexibility index (Phi) is 5.84. The van der Waals surface area contributed by atoms with E-state index in [9.17, 15) is 9.59 Å². The van der Waals surface area contributed by atoms with Crippen molar-refractivity contribution in [3.8, 4) is 5.75 Å². The molecule has 0 saturated heterocycles. The topological polar surface area (TPSA) is 115 Å². The highest BCUT2D eigenvalue weighted by Crippen LogP contribution is 2.23. The van der Waals surface area contributed by atoms with Crippen molar-refractivity contribution < 1.29 is 18.7 Å². The van der Waals surface area contributed by atoms with Gasteiger partial charge in [-0.15, -0.1) is 5.10 Å². The molecular weight excluding hydrogens is 412 g/mol. The maximum atomic E-state index is 13.3. The average molecular weight is 434 g/mol. The molecule has 0 aliphatic carbocycles. The summed E-state index contributed by atoms with van der Waals surface area (Å²) >= 11 is 0. The molecule has 0 bridgehead atoms. The summed E-state index contributed by atoms with van der Waals surface area (Å²) in [4.78, 5) is 35.9. The molecule has 0 aliphatic rings. The van der Waals surface area contributed by atoms with Gasteiger partial charge in [0.05, 0.1) is 25.6 Å². The Labute approximate surface area is 183 Å². The number of hydrogen-bond acceptors (Lipinski definition) is 7. The van der Waals surface area contributed by atoms with Crippen LogP contribution < -0.4 is 10.1 Å². The van der Waals surface area contributed by atoms with Gasteiger partial charge in [0, 0.05) is 11.4 Å². The van der Waals surface area contributed by atoms with Gasteiger partial charge in [-0.05, 0) is 44.2 Å². The van der Waals surface area contributed by atoms with Gasteiger partial charge in [0.15, 0.2) is 0 Å². The molecule has 0 radical (unpaired) electrons. The summed E-state index contributed by atoms with van der Waals surface area (Å²) < 4.78 is 12.1. The third kappa shape index (κ3) is 4.43. The summed E-state index contributed by atoms with van der Waals surface area (Å²) in [5.41, 5.74) is 2.07. The minimum atomic E-state index is -0.515. The van der Waals surface area contributed by atoms with Crippen molar-refractivity contribution in [2.45, 2.75) is 20.4 Å². The van der Waals surface area contributed by atoms with Gasteiger partial charge in [0.2, 0.25) is 11.7 Å². The molecule has 1 N–H and O–H groups in total. The first-order valence-corrected chi connectivity index (χ1v) is 9.90. The van der Waals surface area contributed by atoms with Crippen molar-refractivity contribution in [3.63, 3.8) is 0 Å². The number of benzene rings is 1. The summed E-state index contributed by atoms with van der Waals surface area (Å²) in [6.45, 7) is 3.53. The van der Waals surface area contributed by atoms with Crippen LogP contribution in [-0.2, 0) is 11.3 Å². The van der Waals surface area contributed by atoms with Crippen LogP contribution in [-0.4, -0.2) is 50.0 Å². The van der Waals surface area contributed by atoms with Crippen LogP contribution in [0.15, 0.2) is 53.1 Å². The number of hydrogen-bond donors (Lipinski definition) is 1. The minimum absolute atomic E-state index is 0.0529. The van der Waals surface area contributed by atoms with E-state index < -0.39 is 11.8 Å². The van der Waals surface area contributed by atoms with Crippen LogP contribution in [0.25, 0.3) is 5.78 Å². The lowest BCUT2D eigenvalue weighted by Crippen LogP contribution is -2.38. The van der Waals surface area contributed by atoms with E-state index in [2.05, 4.69) is 20.4 Å². The predicted octanol–water partition coefficient (Wildman–Crippen LogP) is 2.62. The number of furan rings is 1. The molecule has 10 heteroatoms. The second-order valence-electron chi connectivity index (χ2n) is 7.18. The van der Waals surface area contributed by atoms with Crippen molar-refractivity contribution in [3.05, 3.63) is 71.7 Å². The number of anilines is 1. The molecule has 0 aliphatic heterocycles. The molecule has 2 amide bonds. The van der Waals surface area contributed by atoms with Gasteiger partial charge in [-0.2, -0.15) is 4.98 Å². The van der Waals surface area contributed by atoms with Crippen LogP contribution in [0, 0.1) is 13.8 Å². The molecule has 164 valence electrons. The number of rotatable bonds is 7. The summed E-state index contributed by atoms with van der Waals surface area (Å²) in [7, 11) is 1.52. The zero-order valence-corrected chi connectivity index (χ0v) is 17.9. The van der Waals surface area contributed by atoms with Crippen molar-refractivity contribution in [2.75, 3.05) is 19.0 Å². The largest absolute Gasteiger partial charge is 0.495 e. The molecular formula is C22H22N6O4. The lowest BCUT2D eigenvalue weighted by molar-refractivity contribution is -0.117. The van der Waals surface area contributed by atoms with E-state index in [1.165, 1.54) is 22.8 Å². The van der Waals surface area contributed by atoms with Crippen LogP contribution in [0.4, 0.5) is 5.69 Å². The Balaban J connectivity index is 1.59. The number of aromatic nitrogens is 4. The van der Waals surface area contributed by atoms with Crippen LogP contribution >= 0.6 is 0 Å². The first-order valence-electron chi connectivity index (χ1n) is 9.90. The maximum Gasteiger partial charge on any atom is 0.294 e. The highest BCUT2D eigenvalue weighted by Gasteiger charge is 2.25. The SMILES string of the molecule is COc1ccccc1NC(=O)CN(Cc1ccco1)C(=O)c1nc2nc(C)cc(C)n2n1. The van der Waals surface area contributed by atoms with E-state index in [0.717, 1.165) is 11.4 Å². The van der Waals surface area contributed by atoms with Crippen molar-refractivity contribution in [2.24, 2.45) is 0 Å². The summed E-state index contributed by atoms with van der Waals surface area (Å²) in [5.74, 6) is 0.397. The molecule has 1 aromatic carbocycles. The Morgan fingerprint density at radius 1 is 1.16 bits per heavy atom. The van der Waals surface area contributed by atoms with Crippen LogP contribution in [0.3, 0.4) is 0 Å². The zero-order chi connectivity index (χ0) is 22.7. The third-order valence-corrected chi connectivity index (χ3v) is 4.74. The number of para-hydroxylation sites is 2. The summed E-state index contributed by atoms with van der Waals surface area (Å²) in [6, 6.07) is 12.3. The summed E-state index contributed by atoms with van der Waals surface area (Å²) in [5, 5.41) is 7.07.